The first kappa shape index (κ1) is 21.0. The van der Waals surface area contributed by atoms with Gasteiger partial charge in [-0.1, -0.05) is 6.07 Å². The van der Waals surface area contributed by atoms with Crippen molar-refractivity contribution in [3.05, 3.63) is 55.9 Å². The lowest BCUT2D eigenvalue weighted by Crippen LogP contribution is -2.41. The average Bonchev–Trinajstić information content (AvgIpc) is 3.03. The van der Waals surface area contributed by atoms with Gasteiger partial charge in [0.2, 0.25) is 0 Å². The predicted molar refractivity (Wildman–Crippen MR) is 112 cm³/mol. The molecule has 0 aliphatic rings. The first-order valence-corrected chi connectivity index (χ1v) is 10.9. The topological polar surface area (TPSA) is 96.0 Å². The van der Waals surface area contributed by atoms with E-state index in [1.807, 2.05) is 13.8 Å². The fourth-order valence-corrected chi connectivity index (χ4v) is 4.88. The monoisotopic (exact) mass is 418 g/mol. The van der Waals surface area contributed by atoms with Crippen LogP contribution in [0.2, 0.25) is 0 Å². The van der Waals surface area contributed by atoms with E-state index in [-0.39, 0.29) is 28.0 Å². The number of aryl methyl sites for hydroxylation is 3. The maximum Gasteiger partial charge on any atom is 0.333 e. The largest absolute Gasteiger partial charge is 0.333 e. The third kappa shape index (κ3) is 3.23. The molecule has 2 heterocycles. The van der Waals surface area contributed by atoms with Crippen molar-refractivity contribution in [2.24, 2.45) is 0 Å². The van der Waals surface area contributed by atoms with Crippen LogP contribution in [-0.2, 0) is 10.0 Å². The standard InChI is InChI=1S/C20H26N4O4S/c1-11(2)23-18-16(19(25)24(12(3)4)20(23)26)10-22(21-18)29(27,28)17-9-14(6)13(5)8-15(17)7/h8-12H,1-7H3. The van der Waals surface area contributed by atoms with Crippen LogP contribution in [-0.4, -0.2) is 26.7 Å². The number of fused-ring (bicyclic) bond motifs is 1. The molecule has 156 valence electrons. The van der Waals surface area contributed by atoms with Gasteiger partial charge < -0.3 is 0 Å². The Balaban J connectivity index is 2.40. The quantitative estimate of drug-likeness (QED) is 0.649. The van der Waals surface area contributed by atoms with Crippen LogP contribution in [0.5, 0.6) is 0 Å². The van der Waals surface area contributed by atoms with E-state index in [1.165, 1.54) is 10.8 Å². The van der Waals surface area contributed by atoms with Crippen molar-refractivity contribution in [3.8, 4) is 0 Å². The van der Waals surface area contributed by atoms with Crippen molar-refractivity contribution in [1.82, 2.24) is 18.3 Å². The summed E-state index contributed by atoms with van der Waals surface area (Å²) in [6.07, 6.45) is 1.21. The van der Waals surface area contributed by atoms with Crippen molar-refractivity contribution in [1.29, 1.82) is 0 Å². The van der Waals surface area contributed by atoms with Gasteiger partial charge in [-0.25, -0.2) is 4.79 Å². The molecular formula is C20H26N4O4S. The normalized spacial score (nSPS) is 12.4. The summed E-state index contributed by atoms with van der Waals surface area (Å²) in [5, 5.41) is 4.27. The molecule has 0 atom stereocenters. The molecule has 9 heteroatoms. The second-order valence-corrected chi connectivity index (χ2v) is 9.73. The molecule has 0 saturated carbocycles. The Morgan fingerprint density at radius 3 is 1.97 bits per heavy atom. The Hall–Kier alpha value is -2.68. The van der Waals surface area contributed by atoms with Gasteiger partial charge >= 0.3 is 5.69 Å². The van der Waals surface area contributed by atoms with Crippen LogP contribution in [0, 0.1) is 20.8 Å². The summed E-state index contributed by atoms with van der Waals surface area (Å²) in [5.74, 6) is 0. The van der Waals surface area contributed by atoms with E-state index >= 15 is 0 Å². The van der Waals surface area contributed by atoms with E-state index in [0.29, 0.717) is 5.56 Å². The SMILES string of the molecule is Cc1cc(C)c(S(=O)(=O)n2cc3c(=O)n(C(C)C)c(=O)n(C(C)C)c3n2)cc1C. The van der Waals surface area contributed by atoms with Crippen molar-refractivity contribution in [2.75, 3.05) is 0 Å². The molecule has 29 heavy (non-hydrogen) atoms. The molecule has 1 aromatic carbocycles. The molecule has 3 rings (SSSR count). The van der Waals surface area contributed by atoms with Crippen molar-refractivity contribution in [3.63, 3.8) is 0 Å². The summed E-state index contributed by atoms with van der Waals surface area (Å²) < 4.78 is 29.9. The smallest absolute Gasteiger partial charge is 0.273 e. The minimum Gasteiger partial charge on any atom is -0.273 e. The van der Waals surface area contributed by atoms with Gasteiger partial charge in [-0.2, -0.15) is 12.5 Å². The molecule has 0 aliphatic heterocycles. The maximum atomic E-state index is 13.3. The highest BCUT2D eigenvalue weighted by Gasteiger charge is 2.26. The van der Waals surface area contributed by atoms with Crippen LogP contribution in [0.1, 0.15) is 56.5 Å². The van der Waals surface area contributed by atoms with Crippen LogP contribution in [0.15, 0.2) is 32.8 Å². The second kappa shape index (κ2) is 6.98. The van der Waals surface area contributed by atoms with Gasteiger partial charge in [0.1, 0.15) is 5.39 Å². The van der Waals surface area contributed by atoms with Crippen LogP contribution in [0.25, 0.3) is 11.0 Å². The van der Waals surface area contributed by atoms with Crippen LogP contribution in [0.3, 0.4) is 0 Å². The number of benzene rings is 1. The van der Waals surface area contributed by atoms with Crippen LogP contribution < -0.4 is 11.2 Å². The van der Waals surface area contributed by atoms with E-state index in [9.17, 15) is 18.0 Å². The summed E-state index contributed by atoms with van der Waals surface area (Å²) in [5.41, 5.74) is 1.44. The van der Waals surface area contributed by atoms with Crippen molar-refractivity contribution >= 4 is 21.1 Å². The van der Waals surface area contributed by atoms with Gasteiger partial charge in [-0.05, 0) is 71.2 Å². The van der Waals surface area contributed by atoms with Gasteiger partial charge in [-0.15, -0.1) is 5.10 Å². The lowest BCUT2D eigenvalue weighted by molar-refractivity contribution is 0.486. The minimum atomic E-state index is -4.03. The summed E-state index contributed by atoms with van der Waals surface area (Å²) >= 11 is 0. The molecule has 3 aromatic rings. The molecule has 0 aliphatic carbocycles. The highest BCUT2D eigenvalue weighted by molar-refractivity contribution is 7.89. The van der Waals surface area contributed by atoms with Crippen LogP contribution >= 0.6 is 0 Å². The Bertz CT molecular complexity index is 1340. The Labute approximate surface area is 169 Å². The number of hydrogen-bond donors (Lipinski definition) is 0. The molecule has 0 spiro atoms. The molecule has 0 radical (unpaired) electrons. The number of nitrogens with zero attached hydrogens (tertiary/aromatic N) is 4. The molecule has 0 saturated heterocycles. The zero-order chi connectivity index (χ0) is 21.8. The van der Waals surface area contributed by atoms with Crippen LogP contribution in [0.4, 0.5) is 0 Å². The van der Waals surface area contributed by atoms with Gasteiger partial charge in [0.05, 0.1) is 11.1 Å². The van der Waals surface area contributed by atoms with Crippen molar-refractivity contribution in [2.45, 2.75) is 65.4 Å². The molecule has 0 unspecified atom stereocenters. The first-order chi connectivity index (χ1) is 13.4. The highest BCUT2D eigenvalue weighted by atomic mass is 32.2. The summed E-state index contributed by atoms with van der Waals surface area (Å²) in [6, 6.07) is 2.74. The van der Waals surface area contributed by atoms with Gasteiger partial charge in [0.25, 0.3) is 15.6 Å². The molecule has 0 amide bonds. The average molecular weight is 419 g/mol. The summed E-state index contributed by atoms with van der Waals surface area (Å²) in [7, 11) is -4.03. The second-order valence-electron chi connectivity index (χ2n) is 7.96. The summed E-state index contributed by atoms with van der Waals surface area (Å²) in [6.45, 7) is 12.5. The number of rotatable bonds is 4. The van der Waals surface area contributed by atoms with E-state index in [2.05, 4.69) is 5.10 Å². The highest BCUT2D eigenvalue weighted by Crippen LogP contribution is 2.23. The Morgan fingerprint density at radius 1 is 0.862 bits per heavy atom. The molecule has 0 bridgehead atoms. The van der Waals surface area contributed by atoms with E-state index in [1.54, 1.807) is 46.8 Å². The third-order valence-corrected chi connectivity index (χ3v) is 6.79. The molecule has 2 aromatic heterocycles. The van der Waals surface area contributed by atoms with E-state index in [4.69, 9.17) is 0 Å². The number of aromatic nitrogens is 4. The van der Waals surface area contributed by atoms with Gasteiger partial charge in [0.15, 0.2) is 5.65 Å². The van der Waals surface area contributed by atoms with E-state index in [0.717, 1.165) is 19.8 Å². The molecule has 8 nitrogen and oxygen atoms in total. The lowest BCUT2D eigenvalue weighted by atomic mass is 10.1. The molecular weight excluding hydrogens is 392 g/mol. The number of hydrogen-bond acceptors (Lipinski definition) is 5. The molecule has 0 N–H and O–H groups in total. The fourth-order valence-electron chi connectivity index (χ4n) is 3.45. The fraction of sp³-hybridized carbons (Fsp3) is 0.450. The van der Waals surface area contributed by atoms with Gasteiger partial charge in [0, 0.05) is 12.1 Å². The van der Waals surface area contributed by atoms with E-state index < -0.39 is 21.3 Å². The van der Waals surface area contributed by atoms with Crippen molar-refractivity contribution < 1.29 is 8.42 Å². The Morgan fingerprint density at radius 2 is 1.41 bits per heavy atom. The third-order valence-electron chi connectivity index (χ3n) is 5.11. The predicted octanol–water partition coefficient (Wildman–Crippen LogP) is 2.68. The lowest BCUT2D eigenvalue weighted by Gasteiger charge is -2.15. The molecule has 0 fully saturated rings. The zero-order valence-corrected chi connectivity index (χ0v) is 18.5. The maximum absolute atomic E-state index is 13.3. The Kier molecular flexibility index (Phi) is 5.06. The van der Waals surface area contributed by atoms with Gasteiger partial charge in [-0.3, -0.25) is 13.9 Å². The summed E-state index contributed by atoms with van der Waals surface area (Å²) in [4.78, 5) is 25.9. The zero-order valence-electron chi connectivity index (χ0n) is 17.7. The minimum absolute atomic E-state index is 0.0666. The first-order valence-electron chi connectivity index (χ1n) is 9.47.